The average molecular weight is 247 g/mol. The lowest BCUT2D eigenvalue weighted by molar-refractivity contribution is 0.171. The Kier molecular flexibility index (Phi) is 2.94. The molecule has 1 saturated carbocycles. The largest absolute Gasteiger partial charge is 0.486 e. The van der Waals surface area contributed by atoms with Crippen LogP contribution in [0.3, 0.4) is 0 Å². The Morgan fingerprint density at radius 2 is 1.89 bits per heavy atom. The Hall–Kier alpha value is -1.22. The molecular weight excluding hydrogens is 226 g/mol. The highest BCUT2D eigenvalue weighted by Crippen LogP contribution is 2.49. The Balaban J connectivity index is 1.79. The van der Waals surface area contributed by atoms with E-state index in [1.165, 1.54) is 18.4 Å². The topological polar surface area (TPSA) is 30.5 Å². The first-order valence-corrected chi connectivity index (χ1v) is 6.83. The molecule has 0 aromatic heterocycles. The summed E-state index contributed by atoms with van der Waals surface area (Å²) in [4.78, 5) is 0. The van der Waals surface area contributed by atoms with Gasteiger partial charge >= 0.3 is 0 Å². The van der Waals surface area contributed by atoms with Crippen LogP contribution in [-0.2, 0) is 5.41 Å². The zero-order valence-corrected chi connectivity index (χ0v) is 11.2. The first-order chi connectivity index (χ1) is 8.70. The van der Waals surface area contributed by atoms with Gasteiger partial charge in [0.2, 0.25) is 0 Å². The van der Waals surface area contributed by atoms with E-state index in [0.717, 1.165) is 18.0 Å². The number of rotatable bonds is 4. The molecule has 1 heterocycles. The summed E-state index contributed by atoms with van der Waals surface area (Å²) < 4.78 is 11.2. The summed E-state index contributed by atoms with van der Waals surface area (Å²) in [7, 11) is 0. The van der Waals surface area contributed by atoms with Crippen LogP contribution in [0.1, 0.15) is 32.3 Å². The second-order valence-electron chi connectivity index (χ2n) is 5.67. The third-order valence-electron chi connectivity index (χ3n) is 3.86. The van der Waals surface area contributed by atoms with Crippen molar-refractivity contribution >= 4 is 0 Å². The summed E-state index contributed by atoms with van der Waals surface area (Å²) in [6.45, 7) is 6.77. The molecule has 2 aliphatic rings. The van der Waals surface area contributed by atoms with Crippen LogP contribution < -0.4 is 14.8 Å². The smallest absolute Gasteiger partial charge is 0.161 e. The van der Waals surface area contributed by atoms with Gasteiger partial charge in [0.15, 0.2) is 11.5 Å². The lowest BCUT2D eigenvalue weighted by Gasteiger charge is -2.23. The van der Waals surface area contributed by atoms with Crippen LogP contribution in [0.15, 0.2) is 18.2 Å². The van der Waals surface area contributed by atoms with Crippen molar-refractivity contribution in [3.63, 3.8) is 0 Å². The molecule has 1 aliphatic heterocycles. The molecule has 18 heavy (non-hydrogen) atoms. The fraction of sp³-hybridized carbons (Fsp3) is 0.600. The lowest BCUT2D eigenvalue weighted by Crippen LogP contribution is -2.32. The standard InChI is InChI=1S/C15H21NO2/c1-11(2)16-10-15(5-6-15)12-3-4-13-14(9-12)18-8-7-17-13/h3-4,9,11,16H,5-8,10H2,1-2H3. The average Bonchev–Trinajstić information content (AvgIpc) is 3.17. The fourth-order valence-corrected chi connectivity index (χ4v) is 2.49. The molecule has 0 amide bonds. The van der Waals surface area contributed by atoms with E-state index in [2.05, 4.69) is 37.4 Å². The summed E-state index contributed by atoms with van der Waals surface area (Å²) in [6, 6.07) is 6.96. The maximum Gasteiger partial charge on any atom is 0.161 e. The van der Waals surface area contributed by atoms with Gasteiger partial charge in [-0.25, -0.2) is 0 Å². The highest BCUT2D eigenvalue weighted by Gasteiger charge is 2.44. The molecule has 0 saturated heterocycles. The predicted octanol–water partition coefficient (Wildman–Crippen LogP) is 2.49. The molecule has 0 spiro atoms. The second-order valence-corrected chi connectivity index (χ2v) is 5.67. The molecule has 1 aromatic rings. The highest BCUT2D eigenvalue weighted by atomic mass is 16.6. The van der Waals surface area contributed by atoms with Gasteiger partial charge in [0, 0.05) is 18.0 Å². The molecule has 0 bridgehead atoms. The molecule has 3 rings (SSSR count). The fourth-order valence-electron chi connectivity index (χ4n) is 2.49. The van der Waals surface area contributed by atoms with Gasteiger partial charge in [-0.1, -0.05) is 19.9 Å². The van der Waals surface area contributed by atoms with Crippen LogP contribution in [0, 0.1) is 0 Å². The van der Waals surface area contributed by atoms with E-state index < -0.39 is 0 Å². The van der Waals surface area contributed by atoms with E-state index in [-0.39, 0.29) is 0 Å². The maximum absolute atomic E-state index is 5.67. The first kappa shape index (κ1) is 11.8. The third kappa shape index (κ3) is 2.19. The Morgan fingerprint density at radius 3 is 2.56 bits per heavy atom. The van der Waals surface area contributed by atoms with Crippen molar-refractivity contribution < 1.29 is 9.47 Å². The highest BCUT2D eigenvalue weighted by molar-refractivity contribution is 5.47. The third-order valence-corrected chi connectivity index (χ3v) is 3.86. The van der Waals surface area contributed by atoms with E-state index in [0.29, 0.717) is 24.7 Å². The van der Waals surface area contributed by atoms with Crippen LogP contribution in [0.25, 0.3) is 0 Å². The van der Waals surface area contributed by atoms with Crippen molar-refractivity contribution in [1.29, 1.82) is 0 Å². The monoisotopic (exact) mass is 247 g/mol. The number of ether oxygens (including phenoxy) is 2. The minimum Gasteiger partial charge on any atom is -0.486 e. The molecule has 98 valence electrons. The Labute approximate surface area is 108 Å². The summed E-state index contributed by atoms with van der Waals surface area (Å²) in [5.41, 5.74) is 1.72. The van der Waals surface area contributed by atoms with Gasteiger partial charge in [-0.2, -0.15) is 0 Å². The van der Waals surface area contributed by atoms with E-state index >= 15 is 0 Å². The summed E-state index contributed by atoms with van der Waals surface area (Å²) in [5.74, 6) is 1.80. The molecular formula is C15H21NO2. The van der Waals surface area contributed by atoms with Crippen LogP contribution in [-0.4, -0.2) is 25.8 Å². The predicted molar refractivity (Wildman–Crippen MR) is 71.5 cm³/mol. The number of hydrogen-bond donors (Lipinski definition) is 1. The van der Waals surface area contributed by atoms with Crippen molar-refractivity contribution in [2.24, 2.45) is 0 Å². The molecule has 0 radical (unpaired) electrons. The normalized spacial score (nSPS) is 19.9. The SMILES string of the molecule is CC(C)NCC1(c2ccc3c(c2)OCCO3)CC1. The van der Waals surface area contributed by atoms with E-state index in [1.807, 2.05) is 0 Å². The van der Waals surface area contributed by atoms with Gasteiger partial charge in [0.1, 0.15) is 13.2 Å². The van der Waals surface area contributed by atoms with Crippen LogP contribution >= 0.6 is 0 Å². The molecule has 0 atom stereocenters. The zero-order valence-electron chi connectivity index (χ0n) is 11.2. The summed E-state index contributed by atoms with van der Waals surface area (Å²) in [6.07, 6.45) is 2.54. The molecule has 3 nitrogen and oxygen atoms in total. The number of nitrogens with one attached hydrogen (secondary N) is 1. The molecule has 1 aromatic carbocycles. The number of fused-ring (bicyclic) bond motifs is 1. The van der Waals surface area contributed by atoms with Gasteiger partial charge in [0.25, 0.3) is 0 Å². The van der Waals surface area contributed by atoms with Crippen molar-refractivity contribution in [2.45, 2.75) is 38.1 Å². The van der Waals surface area contributed by atoms with Crippen molar-refractivity contribution in [2.75, 3.05) is 19.8 Å². The Bertz CT molecular complexity index is 438. The van der Waals surface area contributed by atoms with Gasteiger partial charge in [-0.15, -0.1) is 0 Å². The number of benzene rings is 1. The second kappa shape index (κ2) is 4.47. The van der Waals surface area contributed by atoms with Crippen molar-refractivity contribution in [1.82, 2.24) is 5.32 Å². The molecule has 3 heteroatoms. The Morgan fingerprint density at radius 1 is 1.17 bits per heavy atom. The molecule has 1 fully saturated rings. The molecule has 1 N–H and O–H groups in total. The van der Waals surface area contributed by atoms with Crippen LogP contribution in [0.4, 0.5) is 0 Å². The van der Waals surface area contributed by atoms with Crippen LogP contribution in [0.5, 0.6) is 11.5 Å². The van der Waals surface area contributed by atoms with E-state index in [1.54, 1.807) is 0 Å². The quantitative estimate of drug-likeness (QED) is 0.886. The molecule has 0 unspecified atom stereocenters. The minimum atomic E-state index is 0.333. The minimum absolute atomic E-state index is 0.333. The van der Waals surface area contributed by atoms with E-state index in [9.17, 15) is 0 Å². The van der Waals surface area contributed by atoms with Crippen LogP contribution in [0.2, 0.25) is 0 Å². The van der Waals surface area contributed by atoms with Gasteiger partial charge in [-0.05, 0) is 30.5 Å². The van der Waals surface area contributed by atoms with Gasteiger partial charge < -0.3 is 14.8 Å². The summed E-state index contributed by atoms with van der Waals surface area (Å²) in [5, 5.41) is 3.55. The molecule has 1 aliphatic carbocycles. The van der Waals surface area contributed by atoms with Gasteiger partial charge in [0.05, 0.1) is 0 Å². The maximum atomic E-state index is 5.67. The van der Waals surface area contributed by atoms with Crippen molar-refractivity contribution in [3.05, 3.63) is 23.8 Å². The van der Waals surface area contributed by atoms with Crippen molar-refractivity contribution in [3.8, 4) is 11.5 Å². The zero-order chi connectivity index (χ0) is 12.6. The van der Waals surface area contributed by atoms with E-state index in [4.69, 9.17) is 9.47 Å². The number of hydrogen-bond acceptors (Lipinski definition) is 3. The van der Waals surface area contributed by atoms with Gasteiger partial charge in [-0.3, -0.25) is 0 Å². The lowest BCUT2D eigenvalue weighted by atomic mass is 9.95. The first-order valence-electron chi connectivity index (χ1n) is 6.83. The summed E-state index contributed by atoms with van der Waals surface area (Å²) >= 11 is 0.